The molecule has 1 atom stereocenters. The Kier molecular flexibility index (Phi) is 60.7. The Morgan fingerprint density at radius 2 is 0.520 bits per heavy atom. The molecule has 0 aliphatic rings. The van der Waals surface area contributed by atoms with Crippen molar-refractivity contribution >= 4 is 17.9 Å². The molecule has 1 unspecified atom stereocenters. The lowest BCUT2D eigenvalue weighted by Gasteiger charge is -2.18. The van der Waals surface area contributed by atoms with Gasteiger partial charge < -0.3 is 14.2 Å². The average Bonchev–Trinajstić information content (AvgIpc) is 3.41. The number of esters is 3. The maximum Gasteiger partial charge on any atom is 0.306 e. The Bertz CT molecular complexity index is 1390. The van der Waals surface area contributed by atoms with Crippen molar-refractivity contribution in [1.29, 1.82) is 0 Å². The van der Waals surface area contributed by atoms with Crippen LogP contribution in [0, 0.1) is 0 Å². The molecule has 434 valence electrons. The van der Waals surface area contributed by atoms with Crippen LogP contribution in [-0.2, 0) is 28.6 Å². The Labute approximate surface area is 465 Å². The zero-order chi connectivity index (χ0) is 54.3. The van der Waals surface area contributed by atoms with Gasteiger partial charge in [-0.1, -0.05) is 273 Å². The van der Waals surface area contributed by atoms with E-state index in [-0.39, 0.29) is 31.1 Å². The summed E-state index contributed by atoms with van der Waals surface area (Å²) in [7, 11) is 0. The first-order valence-corrected chi connectivity index (χ1v) is 32.4. The summed E-state index contributed by atoms with van der Waals surface area (Å²) >= 11 is 0. The van der Waals surface area contributed by atoms with E-state index in [9.17, 15) is 14.4 Å². The molecule has 0 aliphatic carbocycles. The summed E-state index contributed by atoms with van der Waals surface area (Å²) in [6.07, 6.45) is 82.1. The lowest BCUT2D eigenvalue weighted by atomic mass is 10.0. The molecule has 0 heterocycles. The molecule has 0 aliphatic heterocycles. The van der Waals surface area contributed by atoms with Crippen LogP contribution in [0.2, 0.25) is 0 Å². The molecule has 0 aromatic rings. The third-order valence-corrected chi connectivity index (χ3v) is 14.2. The van der Waals surface area contributed by atoms with Crippen LogP contribution in [0.5, 0.6) is 0 Å². The summed E-state index contributed by atoms with van der Waals surface area (Å²) in [6, 6.07) is 0. The maximum atomic E-state index is 12.9. The molecule has 0 fully saturated rings. The monoisotopic (exact) mass is 1050 g/mol. The van der Waals surface area contributed by atoms with Crippen LogP contribution in [0.1, 0.15) is 329 Å². The second kappa shape index (κ2) is 63.4. The first kappa shape index (κ1) is 71.8. The van der Waals surface area contributed by atoms with Gasteiger partial charge in [0, 0.05) is 19.3 Å². The molecule has 0 radical (unpaired) electrons. The molecule has 0 rings (SSSR count). The van der Waals surface area contributed by atoms with E-state index in [4.69, 9.17) is 14.2 Å². The van der Waals surface area contributed by atoms with Crippen molar-refractivity contribution in [2.45, 2.75) is 335 Å². The van der Waals surface area contributed by atoms with Gasteiger partial charge in [0.25, 0.3) is 0 Å². The highest BCUT2D eigenvalue weighted by atomic mass is 16.6. The lowest BCUT2D eigenvalue weighted by Crippen LogP contribution is -2.30. The van der Waals surface area contributed by atoms with Crippen molar-refractivity contribution < 1.29 is 28.6 Å². The minimum atomic E-state index is -0.790. The molecule has 75 heavy (non-hydrogen) atoms. The zero-order valence-electron chi connectivity index (χ0n) is 49.8. The van der Waals surface area contributed by atoms with Crippen molar-refractivity contribution in [2.75, 3.05) is 13.2 Å². The van der Waals surface area contributed by atoms with Gasteiger partial charge in [0.2, 0.25) is 0 Å². The molecular weight excluding hydrogens is 925 g/mol. The first-order chi connectivity index (χ1) is 37.0. The lowest BCUT2D eigenvalue weighted by molar-refractivity contribution is -0.167. The fraction of sp³-hybridized carbons (Fsp3) is 0.783. The van der Waals surface area contributed by atoms with E-state index in [1.807, 2.05) is 0 Å². The fourth-order valence-electron chi connectivity index (χ4n) is 9.31. The summed E-state index contributed by atoms with van der Waals surface area (Å²) in [5, 5.41) is 0. The van der Waals surface area contributed by atoms with Gasteiger partial charge in [0.1, 0.15) is 13.2 Å². The molecule has 0 aromatic carbocycles. The van der Waals surface area contributed by atoms with Crippen molar-refractivity contribution in [1.82, 2.24) is 0 Å². The molecule has 6 nitrogen and oxygen atoms in total. The van der Waals surface area contributed by atoms with Gasteiger partial charge in [-0.3, -0.25) is 14.4 Å². The Morgan fingerprint density at radius 3 is 0.840 bits per heavy atom. The van der Waals surface area contributed by atoms with Gasteiger partial charge in [-0.2, -0.15) is 0 Å². The molecule has 0 amide bonds. The summed E-state index contributed by atoms with van der Waals surface area (Å²) in [6.45, 7) is 6.52. The van der Waals surface area contributed by atoms with E-state index >= 15 is 0 Å². The van der Waals surface area contributed by atoms with Crippen LogP contribution in [-0.4, -0.2) is 37.2 Å². The van der Waals surface area contributed by atoms with Gasteiger partial charge in [0.15, 0.2) is 6.10 Å². The number of rotatable bonds is 59. The van der Waals surface area contributed by atoms with Crippen LogP contribution in [0.25, 0.3) is 0 Å². The third-order valence-electron chi connectivity index (χ3n) is 14.2. The van der Waals surface area contributed by atoms with E-state index in [0.717, 1.165) is 89.9 Å². The predicted molar refractivity (Wildman–Crippen MR) is 325 cm³/mol. The maximum absolute atomic E-state index is 12.9. The number of unbranched alkanes of at least 4 members (excludes halogenated alkanes) is 36. The van der Waals surface area contributed by atoms with Gasteiger partial charge in [-0.15, -0.1) is 0 Å². The highest BCUT2D eigenvalue weighted by molar-refractivity contribution is 5.71. The minimum Gasteiger partial charge on any atom is -0.462 e. The van der Waals surface area contributed by atoms with Crippen LogP contribution >= 0.6 is 0 Å². The van der Waals surface area contributed by atoms with E-state index in [1.165, 1.54) is 199 Å². The standard InChI is InChI=1S/C69H122O6/c1-4-7-10-13-16-19-22-25-27-29-30-31-32-33-34-35-36-37-38-40-41-44-47-50-53-56-59-62-68(71)74-65-66(64-73-67(70)61-58-55-52-49-46-43-24-21-18-15-12-9-6-3)75-69(72)63-60-57-54-51-48-45-42-39-28-26-23-20-17-14-11-8-5-2/h9,12,18,21-22,25-26,28-30,43,46,66H,4-8,10-11,13-17,19-20,23-24,27,31-42,44-45,47-65H2,1-3H3/b12-9-,21-18-,25-22-,28-26-,30-29-,46-43-. The average molecular weight is 1050 g/mol. The molecule has 0 N–H and O–H groups in total. The van der Waals surface area contributed by atoms with Crippen molar-refractivity contribution in [3.63, 3.8) is 0 Å². The number of carbonyl (C=O) groups is 3. The second-order valence-electron chi connectivity index (χ2n) is 21.6. The molecular formula is C69H122O6. The predicted octanol–water partition coefficient (Wildman–Crippen LogP) is 22.1. The third kappa shape index (κ3) is 61.6. The molecule has 0 saturated heterocycles. The van der Waals surface area contributed by atoms with E-state index in [2.05, 4.69) is 93.7 Å². The van der Waals surface area contributed by atoms with Gasteiger partial charge in [-0.05, 0) is 109 Å². The molecule has 6 heteroatoms. The number of hydrogen-bond acceptors (Lipinski definition) is 6. The number of hydrogen-bond donors (Lipinski definition) is 0. The summed E-state index contributed by atoms with van der Waals surface area (Å²) in [5.41, 5.74) is 0. The minimum absolute atomic E-state index is 0.0846. The van der Waals surface area contributed by atoms with E-state index in [0.29, 0.717) is 19.3 Å². The molecule has 0 spiro atoms. The van der Waals surface area contributed by atoms with Crippen molar-refractivity contribution in [3.8, 4) is 0 Å². The second-order valence-corrected chi connectivity index (χ2v) is 21.6. The fourth-order valence-corrected chi connectivity index (χ4v) is 9.31. The van der Waals surface area contributed by atoms with Gasteiger partial charge in [0.05, 0.1) is 0 Å². The smallest absolute Gasteiger partial charge is 0.306 e. The number of carbonyl (C=O) groups excluding carboxylic acids is 3. The Hall–Kier alpha value is -3.15. The van der Waals surface area contributed by atoms with Gasteiger partial charge >= 0.3 is 17.9 Å². The molecule has 0 bridgehead atoms. The normalized spacial score (nSPS) is 12.5. The summed E-state index contributed by atoms with van der Waals surface area (Å²) in [4.78, 5) is 38.3. The van der Waals surface area contributed by atoms with Crippen LogP contribution in [0.3, 0.4) is 0 Å². The van der Waals surface area contributed by atoms with E-state index < -0.39 is 6.10 Å². The Morgan fingerprint density at radius 1 is 0.280 bits per heavy atom. The summed E-state index contributed by atoms with van der Waals surface area (Å²) < 4.78 is 16.9. The van der Waals surface area contributed by atoms with Crippen molar-refractivity contribution in [3.05, 3.63) is 72.9 Å². The van der Waals surface area contributed by atoms with Gasteiger partial charge in [-0.25, -0.2) is 0 Å². The largest absolute Gasteiger partial charge is 0.462 e. The SMILES string of the molecule is CC/C=C\C/C=C\C/C=C\CCCCCC(=O)OCC(COC(=O)CCCCCCCCCCCCCCCCC/C=C\C/C=C\CCCCCCC)OC(=O)CCCCCCCCC/C=C\CCCCCCCC. The number of ether oxygens (including phenoxy) is 3. The molecule has 0 saturated carbocycles. The van der Waals surface area contributed by atoms with Crippen LogP contribution in [0.15, 0.2) is 72.9 Å². The number of allylic oxidation sites excluding steroid dienone is 12. The van der Waals surface area contributed by atoms with E-state index in [1.54, 1.807) is 0 Å². The topological polar surface area (TPSA) is 78.9 Å². The quantitative estimate of drug-likeness (QED) is 0.0261. The van der Waals surface area contributed by atoms with Crippen LogP contribution < -0.4 is 0 Å². The molecule has 0 aromatic heterocycles. The summed E-state index contributed by atoms with van der Waals surface area (Å²) in [5.74, 6) is -0.906. The van der Waals surface area contributed by atoms with Crippen molar-refractivity contribution in [2.24, 2.45) is 0 Å². The highest BCUT2D eigenvalue weighted by Gasteiger charge is 2.19. The Balaban J connectivity index is 4.26. The zero-order valence-corrected chi connectivity index (χ0v) is 49.8. The first-order valence-electron chi connectivity index (χ1n) is 32.4. The van der Waals surface area contributed by atoms with Crippen LogP contribution in [0.4, 0.5) is 0 Å². The highest BCUT2D eigenvalue weighted by Crippen LogP contribution is 2.17.